The first-order valence-corrected chi connectivity index (χ1v) is 9.79. The molecule has 0 radical (unpaired) electrons. The molecule has 4 rings (SSSR count). The molecule has 1 aromatic carbocycles. The number of hydrogen-bond donors (Lipinski definition) is 1. The fraction of sp³-hybridized carbons (Fsp3) is 0.571. The average Bonchev–Trinajstić information content (AvgIpc) is 3.35. The lowest BCUT2D eigenvalue weighted by Crippen LogP contribution is -2.44. The first kappa shape index (κ1) is 18.0. The van der Waals surface area contributed by atoms with Gasteiger partial charge < -0.3 is 14.9 Å². The Balaban J connectivity index is 1.50. The van der Waals surface area contributed by atoms with E-state index in [4.69, 9.17) is 0 Å². The average molecular weight is 370 g/mol. The van der Waals surface area contributed by atoms with Crippen molar-refractivity contribution in [3.63, 3.8) is 0 Å². The van der Waals surface area contributed by atoms with Gasteiger partial charge in [0.15, 0.2) is 0 Å². The molecule has 6 nitrogen and oxygen atoms in total. The number of carboxylic acid groups (broad SMARTS) is 1. The predicted molar refractivity (Wildman–Crippen MR) is 99.2 cm³/mol. The first-order chi connectivity index (χ1) is 12.9. The number of aryl methyl sites for hydroxylation is 1. The van der Waals surface area contributed by atoms with Crippen molar-refractivity contribution in [2.75, 3.05) is 26.2 Å². The van der Waals surface area contributed by atoms with Gasteiger partial charge >= 0.3 is 5.97 Å². The first-order valence-electron chi connectivity index (χ1n) is 9.79. The topological polar surface area (TPSA) is 77.9 Å². The monoisotopic (exact) mass is 370 g/mol. The largest absolute Gasteiger partial charge is 0.481 e. The molecule has 0 bridgehead atoms. The smallest absolute Gasteiger partial charge is 0.313 e. The highest BCUT2D eigenvalue weighted by Crippen LogP contribution is 2.44. The van der Waals surface area contributed by atoms with Crippen molar-refractivity contribution < 1.29 is 19.5 Å². The van der Waals surface area contributed by atoms with Crippen LogP contribution in [0.5, 0.6) is 0 Å². The minimum atomic E-state index is -1.03. The fourth-order valence-corrected chi connectivity index (χ4v) is 5.00. The fourth-order valence-electron chi connectivity index (χ4n) is 5.00. The number of aliphatic carboxylic acids is 1. The lowest BCUT2D eigenvalue weighted by Gasteiger charge is -2.27. The van der Waals surface area contributed by atoms with Crippen LogP contribution >= 0.6 is 0 Å². The molecular weight excluding hydrogens is 344 g/mol. The summed E-state index contributed by atoms with van der Waals surface area (Å²) in [4.78, 5) is 41.2. The molecule has 1 N–H and O–H groups in total. The molecule has 0 spiro atoms. The van der Waals surface area contributed by atoms with Gasteiger partial charge in [0.1, 0.15) is 5.41 Å². The van der Waals surface area contributed by atoms with E-state index in [1.807, 2.05) is 19.1 Å². The molecule has 2 saturated heterocycles. The molecule has 0 aromatic heterocycles. The number of amides is 2. The van der Waals surface area contributed by atoms with Crippen LogP contribution in [-0.2, 0) is 9.59 Å². The molecule has 1 saturated carbocycles. The molecule has 144 valence electrons. The number of rotatable bonds is 3. The van der Waals surface area contributed by atoms with E-state index in [9.17, 15) is 19.5 Å². The van der Waals surface area contributed by atoms with E-state index in [0.717, 1.165) is 31.2 Å². The van der Waals surface area contributed by atoms with Crippen LogP contribution < -0.4 is 0 Å². The number of nitrogens with zero attached hydrogens (tertiary/aromatic N) is 2. The Kier molecular flexibility index (Phi) is 4.44. The van der Waals surface area contributed by atoms with E-state index < -0.39 is 11.4 Å². The number of hydrogen-bond acceptors (Lipinski definition) is 3. The van der Waals surface area contributed by atoms with Crippen LogP contribution in [0.1, 0.15) is 41.6 Å². The van der Waals surface area contributed by atoms with Gasteiger partial charge in [0, 0.05) is 43.6 Å². The van der Waals surface area contributed by atoms with E-state index in [2.05, 4.69) is 0 Å². The molecule has 2 atom stereocenters. The van der Waals surface area contributed by atoms with Crippen molar-refractivity contribution in [1.29, 1.82) is 0 Å². The third-order valence-electron chi connectivity index (χ3n) is 6.64. The summed E-state index contributed by atoms with van der Waals surface area (Å²) in [5, 5.41) is 9.97. The van der Waals surface area contributed by atoms with Crippen LogP contribution in [-0.4, -0.2) is 58.9 Å². The minimum Gasteiger partial charge on any atom is -0.481 e. The van der Waals surface area contributed by atoms with Crippen LogP contribution in [0.2, 0.25) is 0 Å². The number of likely N-dealkylation sites (tertiary alicyclic amines) is 2. The van der Waals surface area contributed by atoms with Gasteiger partial charge in [-0.05, 0) is 31.9 Å². The molecule has 6 heteroatoms. The van der Waals surface area contributed by atoms with Gasteiger partial charge in [-0.1, -0.05) is 30.5 Å². The summed E-state index contributed by atoms with van der Waals surface area (Å²) in [6, 6.07) is 7.35. The summed E-state index contributed by atoms with van der Waals surface area (Å²) < 4.78 is 0. The van der Waals surface area contributed by atoms with Crippen LogP contribution in [0, 0.1) is 24.2 Å². The van der Waals surface area contributed by atoms with E-state index in [1.54, 1.807) is 21.9 Å². The molecular formula is C21H26N2O4. The van der Waals surface area contributed by atoms with Gasteiger partial charge in [-0.25, -0.2) is 0 Å². The summed E-state index contributed by atoms with van der Waals surface area (Å²) >= 11 is 0. The Morgan fingerprint density at radius 3 is 2.19 bits per heavy atom. The van der Waals surface area contributed by atoms with Crippen molar-refractivity contribution in [2.45, 2.75) is 32.6 Å². The van der Waals surface area contributed by atoms with Gasteiger partial charge in [-0.2, -0.15) is 0 Å². The Bertz CT molecular complexity index is 769. The predicted octanol–water partition coefficient (Wildman–Crippen LogP) is 2.17. The maximum absolute atomic E-state index is 12.8. The van der Waals surface area contributed by atoms with E-state index >= 15 is 0 Å². The van der Waals surface area contributed by atoms with Crippen molar-refractivity contribution >= 4 is 17.8 Å². The second kappa shape index (κ2) is 6.66. The Labute approximate surface area is 159 Å². The van der Waals surface area contributed by atoms with Gasteiger partial charge in [0.2, 0.25) is 5.91 Å². The third kappa shape index (κ3) is 3.01. The highest BCUT2D eigenvalue weighted by atomic mass is 16.4. The maximum atomic E-state index is 12.8. The van der Waals surface area contributed by atoms with Crippen molar-refractivity contribution in [3.8, 4) is 0 Å². The van der Waals surface area contributed by atoms with Crippen LogP contribution in [0.3, 0.4) is 0 Å². The summed E-state index contributed by atoms with van der Waals surface area (Å²) in [6.45, 7) is 3.20. The molecule has 2 heterocycles. The van der Waals surface area contributed by atoms with Crippen LogP contribution in [0.25, 0.3) is 0 Å². The normalized spacial score (nSPS) is 27.8. The third-order valence-corrected chi connectivity index (χ3v) is 6.64. The van der Waals surface area contributed by atoms with Gasteiger partial charge in [0.25, 0.3) is 5.91 Å². The summed E-state index contributed by atoms with van der Waals surface area (Å²) in [7, 11) is 0. The molecule has 3 fully saturated rings. The lowest BCUT2D eigenvalue weighted by atomic mass is 9.81. The lowest BCUT2D eigenvalue weighted by molar-refractivity contribution is -0.149. The van der Waals surface area contributed by atoms with Crippen molar-refractivity contribution in [1.82, 2.24) is 9.80 Å². The molecule has 1 aliphatic carbocycles. The number of carboxylic acids is 1. The zero-order chi connectivity index (χ0) is 19.2. The van der Waals surface area contributed by atoms with E-state index in [-0.39, 0.29) is 36.7 Å². The van der Waals surface area contributed by atoms with Gasteiger partial charge in [0.05, 0.1) is 0 Å². The molecule has 3 aliphatic rings. The Hall–Kier alpha value is -2.37. The number of carbonyl (C=O) groups is 3. The van der Waals surface area contributed by atoms with Crippen molar-refractivity contribution in [3.05, 3.63) is 35.4 Å². The summed E-state index contributed by atoms with van der Waals surface area (Å²) in [6.07, 6.45) is 3.99. The number of benzene rings is 1. The van der Waals surface area contributed by atoms with Gasteiger partial charge in [-0.15, -0.1) is 0 Å². The zero-order valence-corrected chi connectivity index (χ0v) is 15.7. The molecule has 2 aliphatic heterocycles. The Morgan fingerprint density at radius 2 is 1.59 bits per heavy atom. The van der Waals surface area contributed by atoms with Crippen LogP contribution in [0.15, 0.2) is 24.3 Å². The molecule has 27 heavy (non-hydrogen) atoms. The summed E-state index contributed by atoms with van der Waals surface area (Å²) in [5.41, 5.74) is 0.627. The Morgan fingerprint density at radius 1 is 1.00 bits per heavy atom. The van der Waals surface area contributed by atoms with E-state index in [0.29, 0.717) is 18.7 Å². The van der Waals surface area contributed by atoms with Crippen LogP contribution in [0.4, 0.5) is 0 Å². The van der Waals surface area contributed by atoms with Crippen molar-refractivity contribution in [2.24, 2.45) is 17.3 Å². The highest BCUT2D eigenvalue weighted by molar-refractivity contribution is 5.95. The molecule has 2 amide bonds. The second-order valence-corrected chi connectivity index (χ2v) is 8.41. The quantitative estimate of drug-likeness (QED) is 0.885. The maximum Gasteiger partial charge on any atom is 0.313 e. The van der Waals surface area contributed by atoms with E-state index in [1.165, 1.54) is 0 Å². The summed E-state index contributed by atoms with van der Waals surface area (Å²) in [5.74, 6) is -1.05. The zero-order valence-electron chi connectivity index (χ0n) is 15.7. The number of fused-ring (bicyclic) bond motifs is 1. The highest BCUT2D eigenvalue weighted by Gasteiger charge is 2.59. The standard InChI is InChI=1S/C21H26N2O4/c1-14-6-8-16(9-7-14)19(25)23-11-17-10-22(12-21(17,13-23)20(26)27)18(24)15-4-2-3-5-15/h6-9,15,17H,2-5,10-13H2,1H3,(H,26,27)/t17-,21-/m1/s1. The SMILES string of the molecule is Cc1ccc(C(=O)N2C[C@H]3CN(C(=O)C4CCCC4)C[C@@]3(C(=O)O)C2)cc1. The second-order valence-electron chi connectivity index (χ2n) is 8.41. The van der Waals surface area contributed by atoms with Gasteiger partial charge in [-0.3, -0.25) is 14.4 Å². The minimum absolute atomic E-state index is 0.0555. The number of carbonyl (C=O) groups excluding carboxylic acids is 2. The molecule has 0 unspecified atom stereocenters. The molecule has 1 aromatic rings.